The maximum absolute atomic E-state index is 10.7. The monoisotopic (exact) mass is 666 g/mol. The average Bonchev–Trinajstić information content (AvgIpc) is 2.91. The molecule has 0 radical (unpaired) electrons. The van der Waals surface area contributed by atoms with Crippen LogP contribution in [0.15, 0.2) is 120 Å². The van der Waals surface area contributed by atoms with E-state index in [2.05, 4.69) is 157 Å². The minimum absolute atomic E-state index is 0.108. The van der Waals surface area contributed by atoms with Crippen LogP contribution in [0.5, 0.6) is 0 Å². The molecule has 2 heterocycles. The Morgan fingerprint density at radius 3 is 1.73 bits per heavy atom. The van der Waals surface area contributed by atoms with Crippen LogP contribution in [0.2, 0.25) is 0 Å². The van der Waals surface area contributed by atoms with E-state index in [1.165, 1.54) is 41.8 Å². The maximum atomic E-state index is 9.87. The van der Waals surface area contributed by atoms with E-state index in [0.717, 1.165) is 0 Å². The molecule has 2 aromatic carbocycles. The molecule has 0 saturated carbocycles. The molecule has 0 unspecified atom stereocenters. The molecule has 1 aliphatic rings. The van der Waals surface area contributed by atoms with Gasteiger partial charge in [-0.05, 0) is 51.3 Å². The van der Waals surface area contributed by atoms with Gasteiger partial charge < -0.3 is 0 Å². The van der Waals surface area contributed by atoms with E-state index in [1.54, 1.807) is 0 Å². The molecular formula is C35H37F6PS2. The number of benzene rings is 2. The number of allylic oxidation sites excluding steroid dienone is 8. The van der Waals surface area contributed by atoms with Crippen molar-refractivity contribution in [1.29, 1.82) is 0 Å². The van der Waals surface area contributed by atoms with Crippen LogP contribution in [0.4, 0.5) is 25.2 Å². The van der Waals surface area contributed by atoms with Crippen LogP contribution in [0, 0.1) is 5.41 Å². The first-order chi connectivity index (χ1) is 20.0. The van der Waals surface area contributed by atoms with Gasteiger partial charge in [0.25, 0.3) is 0 Å². The van der Waals surface area contributed by atoms with Gasteiger partial charge in [0.15, 0.2) is 0 Å². The molecule has 44 heavy (non-hydrogen) atoms. The Hall–Kier alpha value is -2.93. The Labute approximate surface area is 264 Å². The van der Waals surface area contributed by atoms with E-state index in [9.17, 15) is 25.2 Å². The number of rotatable bonds is 5. The molecule has 0 fully saturated rings. The van der Waals surface area contributed by atoms with E-state index < -0.39 is 7.81 Å². The molecule has 0 aliphatic carbocycles. The predicted molar refractivity (Wildman–Crippen MR) is 182 cm³/mol. The van der Waals surface area contributed by atoms with Crippen molar-refractivity contribution in [3.8, 4) is 10.4 Å². The normalized spacial score (nSPS) is 17.0. The van der Waals surface area contributed by atoms with Gasteiger partial charge in [-0.1, -0.05) is 132 Å². The molecule has 0 nitrogen and oxygen atoms in total. The van der Waals surface area contributed by atoms with Crippen LogP contribution in [-0.4, -0.2) is 0 Å². The Balaban J connectivity index is 0.000000676. The van der Waals surface area contributed by atoms with Gasteiger partial charge >= 0.3 is 33.0 Å². The van der Waals surface area contributed by atoms with Crippen molar-refractivity contribution in [2.24, 2.45) is 5.41 Å². The Bertz CT molecular complexity index is 1590. The first-order valence-corrected chi connectivity index (χ1v) is 17.5. The third-order valence-electron chi connectivity index (χ3n) is 6.03. The summed E-state index contributed by atoms with van der Waals surface area (Å²) in [5.41, 5.74) is 5.22. The fourth-order valence-corrected chi connectivity index (χ4v) is 6.24. The molecule has 0 amide bonds. The summed E-state index contributed by atoms with van der Waals surface area (Å²) >= 11 is 3.77. The van der Waals surface area contributed by atoms with Crippen molar-refractivity contribution in [3.63, 3.8) is 0 Å². The molecule has 0 spiro atoms. The minimum atomic E-state index is -10.7. The van der Waals surface area contributed by atoms with Crippen LogP contribution in [0.1, 0.15) is 57.5 Å². The van der Waals surface area contributed by atoms with Crippen LogP contribution in [0.3, 0.4) is 0 Å². The van der Waals surface area contributed by atoms with Gasteiger partial charge in [-0.15, -0.1) is 0 Å². The van der Waals surface area contributed by atoms with Crippen molar-refractivity contribution in [1.82, 2.24) is 0 Å². The summed E-state index contributed by atoms with van der Waals surface area (Å²) in [6, 6.07) is 26.0. The first-order valence-electron chi connectivity index (χ1n) is 13.9. The van der Waals surface area contributed by atoms with Crippen molar-refractivity contribution < 1.29 is 25.2 Å². The summed E-state index contributed by atoms with van der Waals surface area (Å²) in [5, 5.41) is 0. The van der Waals surface area contributed by atoms with E-state index in [4.69, 9.17) is 0 Å². The third-order valence-corrected chi connectivity index (χ3v) is 9.07. The summed E-state index contributed by atoms with van der Waals surface area (Å²) < 4.78 is 59.2. The third kappa shape index (κ3) is 13.4. The second kappa shape index (κ2) is 12.8. The number of hydrogen-bond donors (Lipinski definition) is 0. The Kier molecular flexibility index (Phi) is 10.4. The summed E-state index contributed by atoms with van der Waals surface area (Å²) in [7, 11) is -10.7. The SMILES string of the molecule is CC(C)(C)C1=C\C(=C/C=C/C=C/c2cc(-c3ccccc3)[s+]c(C(C)(C)C)c2)C=C(c2ccccc2)S1.F[P-](F)(F)(F)(F)F. The van der Waals surface area contributed by atoms with E-state index >= 15 is 0 Å². The topological polar surface area (TPSA) is 0 Å². The Morgan fingerprint density at radius 2 is 1.20 bits per heavy atom. The molecule has 0 saturated heterocycles. The summed E-state index contributed by atoms with van der Waals surface area (Å²) in [6.07, 6.45) is 15.5. The molecule has 1 aromatic heterocycles. The molecule has 3 aromatic rings. The van der Waals surface area contributed by atoms with Gasteiger partial charge in [0, 0.05) is 28.0 Å². The van der Waals surface area contributed by atoms with Crippen LogP contribution in [-0.2, 0) is 5.41 Å². The molecule has 0 atom stereocenters. The number of hydrogen-bond acceptors (Lipinski definition) is 1. The van der Waals surface area contributed by atoms with Gasteiger partial charge in [0.1, 0.15) is 0 Å². The molecule has 0 bridgehead atoms. The van der Waals surface area contributed by atoms with Crippen LogP contribution < -0.4 is 0 Å². The molecular weight excluding hydrogens is 629 g/mol. The first kappa shape index (κ1) is 35.5. The summed E-state index contributed by atoms with van der Waals surface area (Å²) in [5.74, 6) is 0. The van der Waals surface area contributed by atoms with Crippen molar-refractivity contribution in [2.45, 2.75) is 47.0 Å². The summed E-state index contributed by atoms with van der Waals surface area (Å²) in [6.45, 7) is 13.7. The van der Waals surface area contributed by atoms with Crippen molar-refractivity contribution >= 4 is 41.9 Å². The number of halogens is 6. The fraction of sp³-hybridized carbons (Fsp3) is 0.229. The van der Waals surface area contributed by atoms with Gasteiger partial charge in [-0.25, -0.2) is 0 Å². The van der Waals surface area contributed by atoms with Crippen molar-refractivity contribution in [3.05, 3.63) is 136 Å². The van der Waals surface area contributed by atoms with Crippen molar-refractivity contribution in [2.75, 3.05) is 0 Å². The van der Waals surface area contributed by atoms with Gasteiger partial charge in [0.05, 0.1) is 0 Å². The second-order valence-electron chi connectivity index (χ2n) is 12.3. The number of thioether (sulfide) groups is 1. The van der Waals surface area contributed by atoms with Gasteiger partial charge in [-0.2, -0.15) is 0 Å². The zero-order valence-corrected chi connectivity index (χ0v) is 28.0. The molecule has 4 rings (SSSR count). The standard InChI is InChI=1S/C35H37S2.F6P/c1-34(2,3)32-24-26(22-30(36-32)28-18-12-8-13-19-28)16-10-7-11-17-27-23-31(29-20-14-9-15-21-29)37-33(25-27)35(4,5)6;1-7(2,3,4,5)6/h7-25H,1-6H3;/q+1;-1. The Morgan fingerprint density at radius 1 is 0.659 bits per heavy atom. The van der Waals surface area contributed by atoms with Crippen LogP contribution in [0.25, 0.3) is 21.4 Å². The quantitative estimate of drug-likeness (QED) is 0.113. The predicted octanol–water partition coefficient (Wildman–Crippen LogP) is 14.6. The molecule has 0 N–H and O–H groups in total. The average molecular weight is 667 g/mol. The van der Waals surface area contributed by atoms with E-state index in [1.807, 2.05) is 23.1 Å². The molecule has 9 heteroatoms. The van der Waals surface area contributed by atoms with Gasteiger partial charge in [0.2, 0.25) is 21.1 Å². The molecule has 236 valence electrons. The second-order valence-corrected chi connectivity index (χ2v) is 16.4. The molecule has 1 aliphatic heterocycles. The van der Waals surface area contributed by atoms with Gasteiger partial charge in [-0.3, -0.25) is 0 Å². The van der Waals surface area contributed by atoms with E-state index in [0.29, 0.717) is 0 Å². The van der Waals surface area contributed by atoms with Crippen LogP contribution >= 0.6 is 30.9 Å². The zero-order valence-electron chi connectivity index (χ0n) is 25.5. The fourth-order valence-electron chi connectivity index (χ4n) is 3.86. The van der Waals surface area contributed by atoms with E-state index in [-0.39, 0.29) is 10.8 Å². The zero-order chi connectivity index (χ0) is 32.9. The summed E-state index contributed by atoms with van der Waals surface area (Å²) in [4.78, 5) is 5.38.